The normalized spacial score (nSPS) is 20.0. The van der Waals surface area contributed by atoms with Crippen LogP contribution in [-0.4, -0.2) is 37.1 Å². The van der Waals surface area contributed by atoms with Crippen LogP contribution in [0.25, 0.3) is 0 Å². The zero-order valence-electron chi connectivity index (χ0n) is 13.5. The molecule has 124 valence electrons. The van der Waals surface area contributed by atoms with Crippen molar-refractivity contribution in [1.29, 1.82) is 0 Å². The number of likely N-dealkylation sites (tertiary alicyclic amines) is 1. The summed E-state index contributed by atoms with van der Waals surface area (Å²) in [5.74, 6) is 0.00487. The molecule has 1 amide bonds. The van der Waals surface area contributed by atoms with Crippen LogP contribution >= 0.6 is 12.4 Å². The Morgan fingerprint density at radius 3 is 2.86 bits per heavy atom. The van der Waals surface area contributed by atoms with Gasteiger partial charge in [-0.3, -0.25) is 4.79 Å². The number of ether oxygens (including phenoxy) is 1. The molecule has 2 rings (SSSR count). The number of nitrogens with zero attached hydrogens (tertiary/aromatic N) is 1. The van der Waals surface area contributed by atoms with Gasteiger partial charge in [0, 0.05) is 13.7 Å². The fraction of sp³-hybridized carbons (Fsp3) is 0.588. The second kappa shape index (κ2) is 9.13. The number of amides is 1. The van der Waals surface area contributed by atoms with Crippen molar-refractivity contribution < 1.29 is 9.53 Å². The molecule has 1 aromatic rings. The van der Waals surface area contributed by atoms with Crippen molar-refractivity contribution >= 4 is 18.3 Å². The minimum absolute atomic E-state index is 0. The van der Waals surface area contributed by atoms with Gasteiger partial charge in [-0.05, 0) is 25.3 Å². The third-order valence-electron chi connectivity index (χ3n) is 4.13. The molecule has 1 fully saturated rings. The molecule has 1 saturated heterocycles. The molecule has 1 heterocycles. The quantitative estimate of drug-likeness (QED) is 0.925. The Morgan fingerprint density at radius 2 is 2.18 bits per heavy atom. The summed E-state index contributed by atoms with van der Waals surface area (Å²) in [4.78, 5) is 14.6. The summed E-state index contributed by atoms with van der Waals surface area (Å²) in [5, 5.41) is 0. The van der Waals surface area contributed by atoms with Gasteiger partial charge in [-0.1, -0.05) is 42.7 Å². The summed E-state index contributed by atoms with van der Waals surface area (Å²) in [6.07, 6.45) is 4.39. The van der Waals surface area contributed by atoms with Crippen LogP contribution in [0, 0.1) is 6.92 Å². The van der Waals surface area contributed by atoms with E-state index in [-0.39, 0.29) is 31.0 Å². The number of hydrogen-bond acceptors (Lipinski definition) is 3. The van der Waals surface area contributed by atoms with E-state index in [9.17, 15) is 4.79 Å². The minimum Gasteiger partial charge on any atom is -0.383 e. The first-order chi connectivity index (χ1) is 10.1. The van der Waals surface area contributed by atoms with Crippen molar-refractivity contribution in [2.24, 2.45) is 5.73 Å². The Balaban J connectivity index is 0.00000242. The highest BCUT2D eigenvalue weighted by molar-refractivity contribution is 5.85. The number of aryl methyl sites for hydroxylation is 1. The third-order valence-corrected chi connectivity index (χ3v) is 4.13. The molecule has 1 aliphatic rings. The molecule has 0 aliphatic carbocycles. The average Bonchev–Trinajstić information content (AvgIpc) is 2.72. The highest BCUT2D eigenvalue weighted by atomic mass is 35.5. The van der Waals surface area contributed by atoms with E-state index < -0.39 is 6.04 Å². The lowest BCUT2D eigenvalue weighted by atomic mass is 9.98. The number of carbonyl (C=O) groups excluding carboxylic acids is 1. The monoisotopic (exact) mass is 326 g/mol. The van der Waals surface area contributed by atoms with Gasteiger partial charge in [-0.25, -0.2) is 0 Å². The SMILES string of the molecule is COCC(N)C(=O)N1CCCCCC1c1cccc(C)c1.Cl. The highest BCUT2D eigenvalue weighted by Gasteiger charge is 2.29. The number of methoxy groups -OCH3 is 1. The first kappa shape index (κ1) is 18.9. The van der Waals surface area contributed by atoms with Crippen LogP contribution in [0.3, 0.4) is 0 Å². The standard InChI is InChI=1S/C17H26N2O2.ClH/c1-13-7-6-8-14(11-13)16-9-4-3-5-10-19(16)17(20)15(18)12-21-2;/h6-8,11,15-16H,3-5,9-10,12,18H2,1-2H3;1H. The van der Waals surface area contributed by atoms with E-state index in [1.807, 2.05) is 4.90 Å². The molecule has 0 bridgehead atoms. The Labute approximate surface area is 139 Å². The fourth-order valence-corrected chi connectivity index (χ4v) is 3.06. The average molecular weight is 327 g/mol. The van der Waals surface area contributed by atoms with Gasteiger partial charge in [0.15, 0.2) is 0 Å². The van der Waals surface area contributed by atoms with E-state index in [0.717, 1.165) is 25.8 Å². The van der Waals surface area contributed by atoms with Gasteiger partial charge in [0.2, 0.25) is 5.91 Å². The Kier molecular flexibility index (Phi) is 7.87. The maximum absolute atomic E-state index is 12.6. The van der Waals surface area contributed by atoms with Crippen molar-refractivity contribution in [3.05, 3.63) is 35.4 Å². The van der Waals surface area contributed by atoms with Crippen LogP contribution in [0.5, 0.6) is 0 Å². The summed E-state index contributed by atoms with van der Waals surface area (Å²) in [6, 6.07) is 8.02. The molecular weight excluding hydrogens is 300 g/mol. The number of nitrogens with two attached hydrogens (primary N) is 1. The van der Waals surface area contributed by atoms with Gasteiger partial charge < -0.3 is 15.4 Å². The van der Waals surface area contributed by atoms with E-state index in [2.05, 4.69) is 31.2 Å². The molecule has 0 spiro atoms. The Bertz CT molecular complexity index is 481. The van der Waals surface area contributed by atoms with E-state index in [0.29, 0.717) is 0 Å². The number of halogens is 1. The van der Waals surface area contributed by atoms with Crippen LogP contribution in [0.4, 0.5) is 0 Å². The smallest absolute Gasteiger partial charge is 0.242 e. The molecule has 2 N–H and O–H groups in total. The van der Waals surface area contributed by atoms with Gasteiger partial charge in [-0.2, -0.15) is 0 Å². The van der Waals surface area contributed by atoms with Crippen LogP contribution in [0.1, 0.15) is 42.9 Å². The van der Waals surface area contributed by atoms with Gasteiger partial charge in [0.1, 0.15) is 6.04 Å². The molecule has 2 unspecified atom stereocenters. The summed E-state index contributed by atoms with van der Waals surface area (Å²) < 4.78 is 5.03. The largest absolute Gasteiger partial charge is 0.383 e. The topological polar surface area (TPSA) is 55.6 Å². The molecule has 2 atom stereocenters. The summed E-state index contributed by atoms with van der Waals surface area (Å²) in [6.45, 7) is 3.15. The van der Waals surface area contributed by atoms with Crippen molar-refractivity contribution in [3.8, 4) is 0 Å². The lowest BCUT2D eigenvalue weighted by molar-refractivity contribution is -0.136. The van der Waals surface area contributed by atoms with E-state index >= 15 is 0 Å². The van der Waals surface area contributed by atoms with Crippen molar-refractivity contribution in [3.63, 3.8) is 0 Å². The van der Waals surface area contributed by atoms with Gasteiger partial charge >= 0.3 is 0 Å². The fourth-order valence-electron chi connectivity index (χ4n) is 3.06. The lowest BCUT2D eigenvalue weighted by Gasteiger charge is -2.32. The molecule has 1 aromatic carbocycles. The Hall–Kier alpha value is -1.10. The van der Waals surface area contributed by atoms with Gasteiger partial charge in [-0.15, -0.1) is 12.4 Å². The minimum atomic E-state index is -0.569. The van der Waals surface area contributed by atoms with Crippen LogP contribution in [-0.2, 0) is 9.53 Å². The molecule has 5 heteroatoms. The second-order valence-corrected chi connectivity index (χ2v) is 5.87. The molecule has 1 aliphatic heterocycles. The predicted octanol–water partition coefficient (Wildman–Crippen LogP) is 2.83. The van der Waals surface area contributed by atoms with Crippen molar-refractivity contribution in [2.75, 3.05) is 20.3 Å². The van der Waals surface area contributed by atoms with Gasteiger partial charge in [0.05, 0.1) is 12.6 Å². The number of rotatable bonds is 4. The summed E-state index contributed by atoms with van der Waals surface area (Å²) >= 11 is 0. The zero-order valence-corrected chi connectivity index (χ0v) is 14.3. The van der Waals surface area contributed by atoms with Crippen molar-refractivity contribution in [2.45, 2.75) is 44.7 Å². The predicted molar refractivity (Wildman–Crippen MR) is 91.2 cm³/mol. The number of hydrogen-bond donors (Lipinski definition) is 1. The third kappa shape index (κ3) is 4.70. The number of benzene rings is 1. The summed E-state index contributed by atoms with van der Waals surface area (Å²) in [7, 11) is 1.58. The Morgan fingerprint density at radius 1 is 1.41 bits per heavy atom. The molecule has 0 saturated carbocycles. The van der Waals surface area contributed by atoms with Crippen molar-refractivity contribution in [1.82, 2.24) is 4.90 Å². The van der Waals surface area contributed by atoms with Crippen LogP contribution in [0.15, 0.2) is 24.3 Å². The lowest BCUT2D eigenvalue weighted by Crippen LogP contribution is -2.47. The maximum atomic E-state index is 12.6. The molecule has 0 radical (unpaired) electrons. The zero-order chi connectivity index (χ0) is 15.2. The van der Waals surface area contributed by atoms with Gasteiger partial charge in [0.25, 0.3) is 0 Å². The first-order valence-corrected chi connectivity index (χ1v) is 7.75. The maximum Gasteiger partial charge on any atom is 0.242 e. The first-order valence-electron chi connectivity index (χ1n) is 7.75. The molecule has 4 nitrogen and oxygen atoms in total. The van der Waals surface area contributed by atoms with E-state index in [1.165, 1.54) is 17.5 Å². The van der Waals surface area contributed by atoms with E-state index in [1.54, 1.807) is 7.11 Å². The highest BCUT2D eigenvalue weighted by Crippen LogP contribution is 2.30. The number of carbonyl (C=O) groups is 1. The molecular formula is C17H27ClN2O2. The molecule has 22 heavy (non-hydrogen) atoms. The van der Waals surface area contributed by atoms with Crippen LogP contribution in [0.2, 0.25) is 0 Å². The van der Waals surface area contributed by atoms with E-state index in [4.69, 9.17) is 10.5 Å². The van der Waals surface area contributed by atoms with Crippen LogP contribution < -0.4 is 5.73 Å². The summed E-state index contributed by atoms with van der Waals surface area (Å²) in [5.41, 5.74) is 8.41. The second-order valence-electron chi connectivity index (χ2n) is 5.87. The molecule has 0 aromatic heterocycles.